The van der Waals surface area contributed by atoms with Gasteiger partial charge in [0, 0.05) is 30.2 Å². The molecule has 1 aliphatic rings. The molecule has 0 bridgehead atoms. The first-order valence-electron chi connectivity index (χ1n) is 10.5. The molecule has 162 valence electrons. The summed E-state index contributed by atoms with van der Waals surface area (Å²) >= 11 is 6.12. The largest absolute Gasteiger partial charge is 0.381 e. The van der Waals surface area contributed by atoms with E-state index in [-0.39, 0.29) is 17.1 Å². The third-order valence-electron chi connectivity index (χ3n) is 5.98. The zero-order valence-corrected chi connectivity index (χ0v) is 18.2. The lowest BCUT2D eigenvalue weighted by atomic mass is 9.74. The van der Waals surface area contributed by atoms with Gasteiger partial charge in [-0.25, -0.2) is 9.07 Å². The molecular formula is C24H25ClFN3O2. The number of hydrogen-bond donors (Lipinski definition) is 1. The second-order valence-corrected chi connectivity index (χ2v) is 8.27. The smallest absolute Gasteiger partial charge is 0.254 e. The van der Waals surface area contributed by atoms with Gasteiger partial charge in [0.15, 0.2) is 0 Å². The van der Waals surface area contributed by atoms with Gasteiger partial charge >= 0.3 is 0 Å². The van der Waals surface area contributed by atoms with Crippen LogP contribution >= 0.6 is 11.6 Å². The van der Waals surface area contributed by atoms with Crippen molar-refractivity contribution in [2.45, 2.75) is 31.6 Å². The molecule has 0 saturated carbocycles. The average Bonchev–Trinajstić information content (AvgIpc) is 3.22. The number of hydrogen-bond acceptors (Lipinski definition) is 3. The van der Waals surface area contributed by atoms with Gasteiger partial charge in [0.2, 0.25) is 0 Å². The molecule has 0 spiro atoms. The van der Waals surface area contributed by atoms with Gasteiger partial charge in [-0.3, -0.25) is 4.79 Å². The number of benzene rings is 2. The molecule has 1 saturated heterocycles. The molecule has 0 unspecified atom stereocenters. The molecule has 0 aliphatic carbocycles. The highest BCUT2D eigenvalue weighted by Crippen LogP contribution is 2.34. The number of nitrogens with zero attached hydrogens (tertiary/aromatic N) is 2. The number of carbonyl (C=O) groups is 1. The number of carbonyl (C=O) groups excluding carboxylic acids is 1. The summed E-state index contributed by atoms with van der Waals surface area (Å²) in [4.78, 5) is 13.1. The van der Waals surface area contributed by atoms with E-state index in [1.165, 1.54) is 6.07 Å². The summed E-state index contributed by atoms with van der Waals surface area (Å²) < 4.78 is 21.2. The van der Waals surface area contributed by atoms with E-state index in [4.69, 9.17) is 16.3 Å². The lowest BCUT2D eigenvalue weighted by molar-refractivity contribution is 0.0486. The highest BCUT2D eigenvalue weighted by Gasteiger charge is 2.35. The Morgan fingerprint density at radius 2 is 2.00 bits per heavy atom. The van der Waals surface area contributed by atoms with Gasteiger partial charge in [-0.05, 0) is 55.2 Å². The highest BCUT2D eigenvalue weighted by atomic mass is 35.5. The van der Waals surface area contributed by atoms with E-state index in [0.717, 1.165) is 29.8 Å². The summed E-state index contributed by atoms with van der Waals surface area (Å²) in [6, 6.07) is 14.0. The molecule has 1 aliphatic heterocycles. The van der Waals surface area contributed by atoms with Crippen molar-refractivity contribution in [3.63, 3.8) is 0 Å². The maximum Gasteiger partial charge on any atom is 0.254 e. The fourth-order valence-electron chi connectivity index (χ4n) is 4.23. The topological polar surface area (TPSA) is 56.1 Å². The fraction of sp³-hybridized carbons (Fsp3) is 0.333. The number of ether oxygens (including phenoxy) is 1. The second-order valence-electron chi connectivity index (χ2n) is 7.84. The lowest BCUT2D eigenvalue weighted by Gasteiger charge is -2.38. The molecule has 1 N–H and O–H groups in total. The maximum atomic E-state index is 13.9. The Bertz CT molecular complexity index is 1080. The van der Waals surface area contributed by atoms with Crippen molar-refractivity contribution in [1.29, 1.82) is 0 Å². The Morgan fingerprint density at radius 1 is 1.23 bits per heavy atom. The van der Waals surface area contributed by atoms with Gasteiger partial charge in [0.1, 0.15) is 5.82 Å². The molecule has 0 radical (unpaired) electrons. The van der Waals surface area contributed by atoms with Crippen LogP contribution in [0, 0.1) is 5.82 Å². The van der Waals surface area contributed by atoms with E-state index in [0.29, 0.717) is 36.8 Å². The predicted octanol–water partition coefficient (Wildman–Crippen LogP) is 4.71. The van der Waals surface area contributed by atoms with E-state index in [1.54, 1.807) is 29.1 Å². The number of nitrogens with one attached hydrogen (secondary N) is 1. The Balaban J connectivity index is 1.57. The van der Waals surface area contributed by atoms with Crippen LogP contribution in [-0.2, 0) is 16.6 Å². The first-order valence-corrected chi connectivity index (χ1v) is 10.8. The molecule has 4 rings (SSSR count). The summed E-state index contributed by atoms with van der Waals surface area (Å²) in [5, 5.41) is 8.12. The van der Waals surface area contributed by atoms with Crippen molar-refractivity contribution in [2.75, 3.05) is 19.8 Å². The molecule has 2 heterocycles. The molecular weight excluding hydrogens is 417 g/mol. The SMILES string of the molecule is CCc1c(C(=O)NCC2(c3cccc(F)c3)CCOCC2)cnn1-c1cccc(Cl)c1. The number of aromatic nitrogens is 2. The molecule has 31 heavy (non-hydrogen) atoms. The molecule has 5 nitrogen and oxygen atoms in total. The molecule has 1 fully saturated rings. The molecule has 3 aromatic rings. The van der Waals surface area contributed by atoms with E-state index < -0.39 is 0 Å². The van der Waals surface area contributed by atoms with Crippen molar-refractivity contribution in [1.82, 2.24) is 15.1 Å². The van der Waals surface area contributed by atoms with Crippen LogP contribution in [0.15, 0.2) is 54.7 Å². The summed E-state index contributed by atoms with van der Waals surface area (Å²) in [6.45, 7) is 3.56. The summed E-state index contributed by atoms with van der Waals surface area (Å²) in [7, 11) is 0. The zero-order valence-electron chi connectivity index (χ0n) is 17.4. The first kappa shape index (κ1) is 21.5. The van der Waals surface area contributed by atoms with Crippen molar-refractivity contribution < 1.29 is 13.9 Å². The van der Waals surface area contributed by atoms with Gasteiger partial charge in [-0.2, -0.15) is 5.10 Å². The van der Waals surface area contributed by atoms with Crippen LogP contribution in [0.4, 0.5) is 4.39 Å². The third-order valence-corrected chi connectivity index (χ3v) is 6.21. The Labute approximate surface area is 186 Å². The molecule has 1 amide bonds. The van der Waals surface area contributed by atoms with Crippen molar-refractivity contribution in [3.05, 3.63) is 82.4 Å². The van der Waals surface area contributed by atoms with E-state index in [1.807, 2.05) is 31.2 Å². The van der Waals surface area contributed by atoms with Crippen LogP contribution in [0.5, 0.6) is 0 Å². The maximum absolute atomic E-state index is 13.9. The monoisotopic (exact) mass is 441 g/mol. The van der Waals surface area contributed by atoms with Crippen LogP contribution < -0.4 is 5.32 Å². The van der Waals surface area contributed by atoms with E-state index >= 15 is 0 Å². The quantitative estimate of drug-likeness (QED) is 0.603. The van der Waals surface area contributed by atoms with E-state index in [2.05, 4.69) is 10.4 Å². The van der Waals surface area contributed by atoms with Crippen molar-refractivity contribution in [2.24, 2.45) is 0 Å². The van der Waals surface area contributed by atoms with Gasteiger partial charge in [-0.15, -0.1) is 0 Å². The standard InChI is InChI=1S/C24H25ClFN3O2/c1-2-22-21(15-28-29(22)20-8-4-6-18(25)14-20)23(30)27-16-24(9-11-31-12-10-24)17-5-3-7-19(26)13-17/h3-8,13-15H,2,9-12,16H2,1H3,(H,27,30). The summed E-state index contributed by atoms with van der Waals surface area (Å²) in [6.07, 6.45) is 3.67. The Kier molecular flexibility index (Phi) is 6.39. The van der Waals surface area contributed by atoms with Crippen molar-refractivity contribution >= 4 is 17.5 Å². The minimum Gasteiger partial charge on any atom is -0.381 e. The van der Waals surface area contributed by atoms with E-state index in [9.17, 15) is 9.18 Å². The normalized spacial score (nSPS) is 15.6. The van der Waals surface area contributed by atoms with Gasteiger partial charge in [-0.1, -0.05) is 36.7 Å². The molecule has 1 aromatic heterocycles. The Hall–Kier alpha value is -2.70. The number of rotatable bonds is 6. The lowest BCUT2D eigenvalue weighted by Crippen LogP contribution is -2.44. The number of halogens is 2. The fourth-order valence-corrected chi connectivity index (χ4v) is 4.41. The van der Waals surface area contributed by atoms with Crippen LogP contribution in [0.1, 0.15) is 41.4 Å². The summed E-state index contributed by atoms with van der Waals surface area (Å²) in [5.41, 5.74) is 2.69. The van der Waals surface area contributed by atoms with Crippen LogP contribution in [0.25, 0.3) is 5.69 Å². The third kappa shape index (κ3) is 4.50. The van der Waals surface area contributed by atoms with Crippen molar-refractivity contribution in [3.8, 4) is 5.69 Å². The van der Waals surface area contributed by atoms with Crippen LogP contribution in [-0.4, -0.2) is 35.4 Å². The summed E-state index contributed by atoms with van der Waals surface area (Å²) in [5.74, 6) is -0.460. The Morgan fingerprint density at radius 3 is 2.71 bits per heavy atom. The second kappa shape index (κ2) is 9.20. The van der Waals surface area contributed by atoms with Gasteiger partial charge < -0.3 is 10.1 Å². The number of amides is 1. The highest BCUT2D eigenvalue weighted by molar-refractivity contribution is 6.30. The van der Waals surface area contributed by atoms with Gasteiger partial charge in [0.05, 0.1) is 23.1 Å². The molecule has 0 atom stereocenters. The molecule has 7 heteroatoms. The zero-order chi connectivity index (χ0) is 21.8. The van der Waals surface area contributed by atoms with Crippen LogP contribution in [0.2, 0.25) is 5.02 Å². The van der Waals surface area contributed by atoms with Gasteiger partial charge in [0.25, 0.3) is 5.91 Å². The first-order chi connectivity index (χ1) is 15.0. The minimum atomic E-state index is -0.356. The van der Waals surface area contributed by atoms with Crippen LogP contribution in [0.3, 0.4) is 0 Å². The predicted molar refractivity (Wildman–Crippen MR) is 118 cm³/mol. The molecule has 2 aromatic carbocycles. The minimum absolute atomic E-state index is 0.188. The average molecular weight is 442 g/mol.